The highest BCUT2D eigenvalue weighted by molar-refractivity contribution is 5.83. The van der Waals surface area contributed by atoms with Crippen molar-refractivity contribution < 1.29 is 9.90 Å². The predicted octanol–water partition coefficient (Wildman–Crippen LogP) is 7.96. The minimum absolute atomic E-state index is 0.173. The van der Waals surface area contributed by atoms with Crippen LogP contribution in [0.25, 0.3) is 0 Å². The van der Waals surface area contributed by atoms with Crippen molar-refractivity contribution in [3.8, 4) is 0 Å². The number of hydrogen-bond donors (Lipinski definition) is 1. The number of allylic oxidation sites excluding steroid dienone is 5. The van der Waals surface area contributed by atoms with E-state index in [2.05, 4.69) is 62.3 Å². The highest BCUT2D eigenvalue weighted by atomic mass is 16.4. The molecular weight excluding hydrogens is 404 g/mol. The molecule has 6 bridgehead atoms. The summed E-state index contributed by atoms with van der Waals surface area (Å²) in [7, 11) is 0. The van der Waals surface area contributed by atoms with Gasteiger partial charge in [0, 0.05) is 5.41 Å². The molecule has 0 spiro atoms. The van der Waals surface area contributed by atoms with Gasteiger partial charge in [-0.1, -0.05) is 75.0 Å². The molecular formula is C31H44O2. The van der Waals surface area contributed by atoms with Gasteiger partial charge in [0.1, 0.15) is 0 Å². The number of carboxylic acid groups (broad SMARTS) is 1. The van der Waals surface area contributed by atoms with Crippen molar-refractivity contribution in [1.29, 1.82) is 0 Å². The van der Waals surface area contributed by atoms with Crippen molar-refractivity contribution in [2.45, 2.75) is 101 Å². The summed E-state index contributed by atoms with van der Waals surface area (Å²) in [4.78, 5) is 13.7. The van der Waals surface area contributed by atoms with Crippen LogP contribution in [0.5, 0.6) is 0 Å². The fraction of sp³-hybridized carbons (Fsp3) is 0.774. The van der Waals surface area contributed by atoms with Gasteiger partial charge in [-0.3, -0.25) is 4.79 Å². The average Bonchev–Trinajstić information content (AvgIpc) is 2.73. The molecule has 180 valence electrons. The maximum atomic E-state index is 13.7. The van der Waals surface area contributed by atoms with E-state index in [1.54, 1.807) is 16.7 Å². The monoisotopic (exact) mass is 448 g/mol. The summed E-state index contributed by atoms with van der Waals surface area (Å²) in [6.45, 7) is 21.4. The highest BCUT2D eigenvalue weighted by Crippen LogP contribution is 2.78. The van der Waals surface area contributed by atoms with Crippen LogP contribution in [0, 0.1) is 50.7 Å². The summed E-state index contributed by atoms with van der Waals surface area (Å²) in [5.41, 5.74) is 8.67. The SMILES string of the molecule is CC1=C2CC(CC1C1(C3(C(=O)O)CC4CC(=C3C)C4(C)C)CC3CC(=C1C)C3(C)C)C2(C)C. The first-order chi connectivity index (χ1) is 15.1. The van der Waals surface area contributed by atoms with Gasteiger partial charge in [-0.25, -0.2) is 0 Å². The van der Waals surface area contributed by atoms with Gasteiger partial charge in [-0.2, -0.15) is 0 Å². The van der Waals surface area contributed by atoms with Crippen LogP contribution in [0.4, 0.5) is 0 Å². The lowest BCUT2D eigenvalue weighted by Crippen LogP contribution is -2.66. The van der Waals surface area contributed by atoms with E-state index in [1.165, 1.54) is 36.0 Å². The third-order valence-electron chi connectivity index (χ3n) is 13.3. The molecule has 2 nitrogen and oxygen atoms in total. The molecule has 0 aromatic carbocycles. The van der Waals surface area contributed by atoms with Crippen molar-refractivity contribution in [1.82, 2.24) is 0 Å². The van der Waals surface area contributed by atoms with Crippen LogP contribution in [-0.4, -0.2) is 11.1 Å². The molecule has 3 fully saturated rings. The Labute approximate surface area is 201 Å². The van der Waals surface area contributed by atoms with Crippen molar-refractivity contribution in [3.05, 3.63) is 33.4 Å². The Morgan fingerprint density at radius 1 is 0.727 bits per heavy atom. The Balaban J connectivity index is 1.65. The van der Waals surface area contributed by atoms with Gasteiger partial charge in [-0.05, 0) is 99.2 Å². The van der Waals surface area contributed by atoms with E-state index in [0.717, 1.165) is 19.3 Å². The van der Waals surface area contributed by atoms with E-state index >= 15 is 0 Å². The van der Waals surface area contributed by atoms with E-state index in [4.69, 9.17) is 0 Å². The fourth-order valence-corrected chi connectivity index (χ4v) is 10.6. The molecule has 1 N–H and O–H groups in total. The van der Waals surface area contributed by atoms with Gasteiger partial charge < -0.3 is 5.11 Å². The lowest BCUT2D eigenvalue weighted by molar-refractivity contribution is -0.169. The zero-order valence-electron chi connectivity index (χ0n) is 22.4. The quantitative estimate of drug-likeness (QED) is 0.445. The van der Waals surface area contributed by atoms with E-state index in [9.17, 15) is 9.90 Å². The molecule has 3 saturated carbocycles. The van der Waals surface area contributed by atoms with Crippen LogP contribution in [0.3, 0.4) is 0 Å². The van der Waals surface area contributed by atoms with Gasteiger partial charge in [-0.15, -0.1) is 0 Å². The average molecular weight is 449 g/mol. The molecule has 0 saturated heterocycles. The van der Waals surface area contributed by atoms with Crippen LogP contribution in [0.2, 0.25) is 0 Å². The number of hydrogen-bond acceptors (Lipinski definition) is 1. The largest absolute Gasteiger partial charge is 0.481 e. The van der Waals surface area contributed by atoms with Gasteiger partial charge in [0.2, 0.25) is 0 Å². The topological polar surface area (TPSA) is 37.3 Å². The van der Waals surface area contributed by atoms with Crippen LogP contribution in [0.15, 0.2) is 33.4 Å². The molecule has 9 aliphatic carbocycles. The molecule has 0 amide bonds. The zero-order chi connectivity index (χ0) is 24.1. The number of aliphatic carboxylic acids is 1. The standard InChI is InChI=1S/C31H44O2/c1-16-22-10-19(27(22,4)5)11-23(16)30(14-20-12-24(17(30)2)28(20,6)7)31(26(32)33)15-21-13-25(18(31)3)29(21,8)9/h19-21,23H,10-15H2,1-9H3,(H,32,33). The van der Waals surface area contributed by atoms with E-state index < -0.39 is 11.4 Å². The molecule has 0 radical (unpaired) electrons. The molecule has 6 unspecified atom stereocenters. The summed E-state index contributed by atoms with van der Waals surface area (Å²) in [5.74, 6) is 1.65. The normalized spacial score (nSPS) is 45.8. The van der Waals surface area contributed by atoms with Crippen molar-refractivity contribution >= 4 is 5.97 Å². The molecule has 2 heteroatoms. The van der Waals surface area contributed by atoms with Crippen LogP contribution >= 0.6 is 0 Å². The van der Waals surface area contributed by atoms with Gasteiger partial charge in [0.15, 0.2) is 0 Å². The summed E-state index contributed by atoms with van der Waals surface area (Å²) in [6, 6.07) is 0. The van der Waals surface area contributed by atoms with Crippen molar-refractivity contribution in [2.75, 3.05) is 0 Å². The Hall–Kier alpha value is -1.31. The van der Waals surface area contributed by atoms with E-state index in [-0.39, 0.29) is 16.2 Å². The Bertz CT molecular complexity index is 1090. The Morgan fingerprint density at radius 2 is 1.21 bits per heavy atom. The molecule has 0 heterocycles. The summed E-state index contributed by atoms with van der Waals surface area (Å²) in [6.07, 6.45) is 6.61. The minimum atomic E-state index is -0.744. The summed E-state index contributed by atoms with van der Waals surface area (Å²) >= 11 is 0. The number of rotatable bonds is 3. The lowest BCUT2D eigenvalue weighted by Gasteiger charge is -2.71. The van der Waals surface area contributed by atoms with Crippen LogP contribution in [-0.2, 0) is 4.79 Å². The number of fused-ring (bicyclic) bond motifs is 8. The minimum Gasteiger partial charge on any atom is -0.481 e. The smallest absolute Gasteiger partial charge is 0.314 e. The molecule has 33 heavy (non-hydrogen) atoms. The van der Waals surface area contributed by atoms with Gasteiger partial charge in [0.05, 0.1) is 5.41 Å². The maximum absolute atomic E-state index is 13.7. The van der Waals surface area contributed by atoms with Gasteiger partial charge >= 0.3 is 5.97 Å². The highest BCUT2D eigenvalue weighted by Gasteiger charge is 2.73. The van der Waals surface area contributed by atoms with Crippen LogP contribution < -0.4 is 0 Å². The van der Waals surface area contributed by atoms with E-state index in [1.807, 2.05) is 0 Å². The third-order valence-corrected chi connectivity index (χ3v) is 13.3. The molecule has 0 aromatic rings. The fourth-order valence-electron chi connectivity index (χ4n) is 10.6. The third kappa shape index (κ3) is 2.10. The Kier molecular flexibility index (Phi) is 3.97. The molecule has 9 rings (SSSR count). The van der Waals surface area contributed by atoms with Crippen molar-refractivity contribution in [2.24, 2.45) is 50.7 Å². The maximum Gasteiger partial charge on any atom is 0.314 e. The number of carbonyl (C=O) groups is 1. The first-order valence-corrected chi connectivity index (χ1v) is 13.5. The second-order valence-corrected chi connectivity index (χ2v) is 14.6. The Morgan fingerprint density at radius 3 is 1.64 bits per heavy atom. The molecule has 9 aliphatic rings. The lowest BCUT2D eigenvalue weighted by atomic mass is 9.32. The molecule has 0 aliphatic heterocycles. The first kappa shape index (κ1) is 22.2. The second kappa shape index (κ2) is 5.90. The second-order valence-electron chi connectivity index (χ2n) is 14.6. The molecule has 6 atom stereocenters. The van der Waals surface area contributed by atoms with Crippen molar-refractivity contribution in [3.63, 3.8) is 0 Å². The first-order valence-electron chi connectivity index (χ1n) is 13.5. The summed E-state index contributed by atoms with van der Waals surface area (Å²) in [5, 5.41) is 11.3. The summed E-state index contributed by atoms with van der Waals surface area (Å²) < 4.78 is 0. The number of carboxylic acids is 1. The predicted molar refractivity (Wildman–Crippen MR) is 134 cm³/mol. The van der Waals surface area contributed by atoms with Gasteiger partial charge in [0.25, 0.3) is 0 Å². The zero-order valence-corrected chi connectivity index (χ0v) is 22.4. The van der Waals surface area contributed by atoms with Crippen LogP contribution in [0.1, 0.15) is 101 Å². The molecule has 0 aromatic heterocycles. The van der Waals surface area contributed by atoms with E-state index in [0.29, 0.717) is 29.1 Å².